The molecule has 0 saturated heterocycles. The highest BCUT2D eigenvalue weighted by molar-refractivity contribution is 6.32. The van der Waals surface area contributed by atoms with Crippen LogP contribution in [0.1, 0.15) is 43.6 Å². The molecule has 0 aromatic carbocycles. The van der Waals surface area contributed by atoms with Gasteiger partial charge in [-0.2, -0.15) is 10.2 Å². The molecule has 2 aromatic heterocycles. The summed E-state index contributed by atoms with van der Waals surface area (Å²) in [5, 5.41) is 9.54. The number of rotatable bonds is 8. The fourth-order valence-electron chi connectivity index (χ4n) is 2.25. The highest BCUT2D eigenvalue weighted by atomic mass is 35.5. The molecule has 1 N–H and O–H groups in total. The van der Waals surface area contributed by atoms with Crippen LogP contribution in [0, 0.1) is 0 Å². The predicted molar refractivity (Wildman–Crippen MR) is 86.7 cm³/mol. The van der Waals surface area contributed by atoms with E-state index in [9.17, 15) is 22.4 Å². The molecule has 2 heterocycles. The molecule has 2 rings (SSSR count). The number of nitrogens with one attached hydrogen (secondary N) is 1. The molecule has 1 amide bonds. The molecule has 1 atom stereocenters. The summed E-state index contributed by atoms with van der Waals surface area (Å²) in [6, 6.07) is -1.23. The highest BCUT2D eigenvalue weighted by Crippen LogP contribution is 2.36. The third-order valence-corrected chi connectivity index (χ3v) is 4.12. The quantitative estimate of drug-likeness (QED) is 0.522. The molecule has 0 saturated carbocycles. The molecule has 0 fully saturated rings. The summed E-state index contributed by atoms with van der Waals surface area (Å²) < 4.78 is 54.1. The zero-order chi connectivity index (χ0) is 19.4. The molecule has 0 aliphatic carbocycles. The second-order valence-corrected chi connectivity index (χ2v) is 6.19. The number of halogens is 6. The summed E-state index contributed by atoms with van der Waals surface area (Å²) in [6.45, 7) is 1.97. The van der Waals surface area contributed by atoms with Gasteiger partial charge < -0.3 is 5.32 Å². The van der Waals surface area contributed by atoms with Crippen molar-refractivity contribution in [2.75, 3.05) is 6.54 Å². The SMILES string of the molecule is CC(C(=O)NCCCn1cc(Cl)cn1)n1nc(C(F)F)c(Cl)c1C(F)F. The summed E-state index contributed by atoms with van der Waals surface area (Å²) in [7, 11) is 0. The molecule has 0 radical (unpaired) electrons. The van der Waals surface area contributed by atoms with Crippen LogP contribution in [0.4, 0.5) is 17.6 Å². The van der Waals surface area contributed by atoms with Crippen LogP contribution in [0.25, 0.3) is 0 Å². The van der Waals surface area contributed by atoms with E-state index in [0.29, 0.717) is 22.7 Å². The molecule has 1 unspecified atom stereocenters. The van der Waals surface area contributed by atoms with Gasteiger partial charge >= 0.3 is 0 Å². The van der Waals surface area contributed by atoms with E-state index in [2.05, 4.69) is 15.5 Å². The molecule has 0 aliphatic heterocycles. The van der Waals surface area contributed by atoms with E-state index in [1.54, 1.807) is 10.9 Å². The van der Waals surface area contributed by atoms with Gasteiger partial charge in [-0.25, -0.2) is 22.2 Å². The zero-order valence-corrected chi connectivity index (χ0v) is 15.0. The molecule has 12 heteroatoms. The summed E-state index contributed by atoms with van der Waals surface area (Å²) in [5.74, 6) is -0.648. The van der Waals surface area contributed by atoms with Gasteiger partial charge in [0.05, 0.1) is 16.2 Å². The molecule has 0 spiro atoms. The smallest absolute Gasteiger partial charge is 0.283 e. The topological polar surface area (TPSA) is 64.7 Å². The van der Waals surface area contributed by atoms with Crippen molar-refractivity contribution in [2.45, 2.75) is 38.8 Å². The maximum absolute atomic E-state index is 13.1. The van der Waals surface area contributed by atoms with E-state index >= 15 is 0 Å². The average molecular weight is 416 g/mol. The lowest BCUT2D eigenvalue weighted by Crippen LogP contribution is -2.33. The second kappa shape index (κ2) is 8.72. The van der Waals surface area contributed by atoms with Gasteiger partial charge in [0.2, 0.25) is 5.91 Å². The number of amides is 1. The van der Waals surface area contributed by atoms with Crippen LogP contribution < -0.4 is 5.32 Å². The number of hydrogen-bond donors (Lipinski definition) is 1. The van der Waals surface area contributed by atoms with Crippen molar-refractivity contribution >= 4 is 29.1 Å². The van der Waals surface area contributed by atoms with E-state index < -0.39 is 41.2 Å². The van der Waals surface area contributed by atoms with Crippen LogP contribution in [-0.2, 0) is 11.3 Å². The van der Waals surface area contributed by atoms with E-state index in [-0.39, 0.29) is 6.54 Å². The number of alkyl halides is 4. The van der Waals surface area contributed by atoms with E-state index in [1.807, 2.05) is 0 Å². The van der Waals surface area contributed by atoms with Crippen LogP contribution in [0.15, 0.2) is 12.4 Å². The molecular formula is C14H15Cl2F4N5O. The van der Waals surface area contributed by atoms with Crippen molar-refractivity contribution < 1.29 is 22.4 Å². The lowest BCUT2D eigenvalue weighted by molar-refractivity contribution is -0.124. The summed E-state index contributed by atoms with van der Waals surface area (Å²) >= 11 is 11.3. The zero-order valence-electron chi connectivity index (χ0n) is 13.5. The van der Waals surface area contributed by atoms with Gasteiger partial charge in [-0.3, -0.25) is 9.48 Å². The van der Waals surface area contributed by atoms with Crippen molar-refractivity contribution in [3.8, 4) is 0 Å². The maximum Gasteiger partial charge on any atom is 0.283 e. The van der Waals surface area contributed by atoms with Crippen molar-refractivity contribution in [1.29, 1.82) is 0 Å². The maximum atomic E-state index is 13.1. The molecule has 144 valence electrons. The standard InChI is InChI=1S/C14H15Cl2F4N5O/c1-7(14(26)21-3-2-4-24-6-8(15)5-22-24)25-11(13(19)20)9(16)10(23-25)12(17)18/h5-7,12-13H,2-4H2,1H3,(H,21,26). The average Bonchev–Trinajstić information content (AvgIpc) is 3.13. The van der Waals surface area contributed by atoms with Crippen LogP contribution in [-0.4, -0.2) is 32.0 Å². The van der Waals surface area contributed by atoms with Crippen LogP contribution >= 0.6 is 23.2 Å². The third kappa shape index (κ3) is 4.67. The second-order valence-electron chi connectivity index (χ2n) is 5.37. The van der Waals surface area contributed by atoms with E-state index in [4.69, 9.17) is 23.2 Å². The minimum atomic E-state index is -3.15. The van der Waals surface area contributed by atoms with Gasteiger partial charge in [0.1, 0.15) is 17.4 Å². The number of aryl methyl sites for hydroxylation is 1. The molecular weight excluding hydrogens is 401 g/mol. The van der Waals surface area contributed by atoms with E-state index in [1.165, 1.54) is 13.1 Å². The number of carbonyl (C=O) groups is 1. The Kier molecular flexibility index (Phi) is 6.87. The van der Waals surface area contributed by atoms with Crippen LogP contribution in [0.5, 0.6) is 0 Å². The molecule has 26 heavy (non-hydrogen) atoms. The molecule has 2 aromatic rings. The van der Waals surface area contributed by atoms with Crippen molar-refractivity contribution in [2.24, 2.45) is 0 Å². The first kappa shape index (κ1) is 20.5. The highest BCUT2D eigenvalue weighted by Gasteiger charge is 2.31. The lowest BCUT2D eigenvalue weighted by Gasteiger charge is -2.15. The Labute approximate surface area is 156 Å². The minimum Gasteiger partial charge on any atom is -0.354 e. The Hall–Kier alpha value is -1.81. The molecule has 0 bridgehead atoms. The van der Waals surface area contributed by atoms with Crippen molar-refractivity contribution in [3.63, 3.8) is 0 Å². The monoisotopic (exact) mass is 415 g/mol. The van der Waals surface area contributed by atoms with Gasteiger partial charge in [0.25, 0.3) is 12.9 Å². The Morgan fingerprint density at radius 2 is 1.96 bits per heavy atom. The van der Waals surface area contributed by atoms with Crippen LogP contribution in [0.2, 0.25) is 10.0 Å². The Morgan fingerprint density at radius 1 is 1.27 bits per heavy atom. The lowest BCUT2D eigenvalue weighted by atomic mass is 10.3. The number of hydrogen-bond acceptors (Lipinski definition) is 3. The van der Waals surface area contributed by atoms with Crippen molar-refractivity contribution in [3.05, 3.63) is 33.8 Å². The molecule has 6 nitrogen and oxygen atoms in total. The number of aromatic nitrogens is 4. The van der Waals surface area contributed by atoms with Gasteiger partial charge in [0, 0.05) is 19.3 Å². The third-order valence-electron chi connectivity index (χ3n) is 3.54. The Balaban J connectivity index is 1.99. The predicted octanol–water partition coefficient (Wildman–Crippen LogP) is 4.03. The summed E-state index contributed by atoms with van der Waals surface area (Å²) in [6.07, 6.45) is -2.70. The van der Waals surface area contributed by atoms with E-state index in [0.717, 1.165) is 0 Å². The van der Waals surface area contributed by atoms with Gasteiger partial charge in [0.15, 0.2) is 0 Å². The van der Waals surface area contributed by atoms with Gasteiger partial charge in [-0.1, -0.05) is 23.2 Å². The normalized spacial score (nSPS) is 12.8. The van der Waals surface area contributed by atoms with Crippen molar-refractivity contribution in [1.82, 2.24) is 24.9 Å². The largest absolute Gasteiger partial charge is 0.354 e. The summed E-state index contributed by atoms with van der Waals surface area (Å²) in [4.78, 5) is 12.1. The first-order valence-corrected chi connectivity index (χ1v) is 8.27. The van der Waals surface area contributed by atoms with Crippen LogP contribution in [0.3, 0.4) is 0 Å². The Bertz CT molecular complexity index is 765. The summed E-state index contributed by atoms with van der Waals surface area (Å²) in [5.41, 5.74) is -1.88. The number of nitrogens with zero attached hydrogens (tertiary/aromatic N) is 4. The first-order valence-electron chi connectivity index (χ1n) is 7.52. The minimum absolute atomic E-state index is 0.224. The van der Waals surface area contributed by atoms with Gasteiger partial charge in [-0.15, -0.1) is 0 Å². The first-order chi connectivity index (χ1) is 12.2. The molecule has 0 aliphatic rings. The number of carbonyl (C=O) groups excluding carboxylic acids is 1. The fourth-order valence-corrected chi connectivity index (χ4v) is 2.69. The Morgan fingerprint density at radius 3 is 2.50 bits per heavy atom. The van der Waals surface area contributed by atoms with Gasteiger partial charge in [-0.05, 0) is 13.3 Å². The fraction of sp³-hybridized carbons (Fsp3) is 0.500.